The highest BCUT2D eigenvalue weighted by atomic mass is 16.5. The lowest BCUT2D eigenvalue weighted by Gasteiger charge is -2.18. The van der Waals surface area contributed by atoms with E-state index in [1.165, 1.54) is 0 Å². The number of hydrogen-bond acceptors (Lipinski definition) is 5. The van der Waals surface area contributed by atoms with Crippen molar-refractivity contribution in [2.45, 2.75) is 45.3 Å². The summed E-state index contributed by atoms with van der Waals surface area (Å²) < 4.78 is 10.8. The number of aromatic nitrogens is 1. The molecule has 19 heavy (non-hydrogen) atoms. The van der Waals surface area contributed by atoms with Gasteiger partial charge in [0.05, 0.1) is 18.9 Å². The van der Waals surface area contributed by atoms with E-state index in [9.17, 15) is 0 Å². The molecule has 0 amide bonds. The van der Waals surface area contributed by atoms with Gasteiger partial charge >= 0.3 is 0 Å². The Morgan fingerprint density at radius 1 is 1.37 bits per heavy atom. The molecule has 1 rings (SSSR count). The maximum Gasteiger partial charge on any atom is 0.137 e. The first kappa shape index (κ1) is 15.9. The third-order valence-electron chi connectivity index (χ3n) is 3.07. The van der Waals surface area contributed by atoms with Gasteiger partial charge in [0.2, 0.25) is 0 Å². The average molecular weight is 267 g/mol. The molecule has 0 aliphatic heterocycles. The molecule has 108 valence electrons. The molecule has 0 aliphatic rings. The van der Waals surface area contributed by atoms with Crippen molar-refractivity contribution in [1.29, 1.82) is 0 Å². The third kappa shape index (κ3) is 5.55. The minimum atomic E-state index is 0.0651. The van der Waals surface area contributed by atoms with Crippen molar-refractivity contribution >= 4 is 0 Å². The number of rotatable bonds is 9. The first-order chi connectivity index (χ1) is 9.21. The first-order valence-corrected chi connectivity index (χ1v) is 6.77. The molecule has 1 aromatic heterocycles. The maximum atomic E-state index is 5.62. The summed E-state index contributed by atoms with van der Waals surface area (Å²) in [5.74, 6) is 6.41. The summed E-state index contributed by atoms with van der Waals surface area (Å²) in [6, 6.07) is 2.06. The van der Waals surface area contributed by atoms with E-state index in [4.69, 9.17) is 15.3 Å². The lowest BCUT2D eigenvalue weighted by atomic mass is 10.0. The van der Waals surface area contributed by atoms with Crippen LogP contribution in [-0.4, -0.2) is 24.8 Å². The zero-order valence-electron chi connectivity index (χ0n) is 12.1. The molecular weight excluding hydrogens is 242 g/mol. The number of hydrazine groups is 1. The predicted molar refractivity (Wildman–Crippen MR) is 75.8 cm³/mol. The number of nitrogens with one attached hydrogen (secondary N) is 1. The van der Waals surface area contributed by atoms with E-state index in [0.29, 0.717) is 6.61 Å². The fourth-order valence-electron chi connectivity index (χ4n) is 1.79. The highest BCUT2D eigenvalue weighted by Crippen LogP contribution is 2.22. The molecule has 0 bridgehead atoms. The van der Waals surface area contributed by atoms with Crippen molar-refractivity contribution in [3.8, 4) is 5.75 Å². The molecule has 0 spiro atoms. The van der Waals surface area contributed by atoms with Crippen LogP contribution in [0.4, 0.5) is 0 Å². The van der Waals surface area contributed by atoms with Gasteiger partial charge in [-0.2, -0.15) is 0 Å². The quantitative estimate of drug-likeness (QED) is 0.530. The number of pyridine rings is 1. The number of methoxy groups -OCH3 is 1. The molecule has 3 N–H and O–H groups in total. The SMILES string of the molecule is CCCOc1cncc(C(CCC(C)OC)NN)c1. The van der Waals surface area contributed by atoms with E-state index in [1.807, 2.05) is 19.2 Å². The van der Waals surface area contributed by atoms with Crippen molar-refractivity contribution in [2.24, 2.45) is 5.84 Å². The molecule has 2 atom stereocenters. The number of nitrogens with zero attached hydrogens (tertiary/aromatic N) is 1. The molecule has 5 heteroatoms. The van der Waals surface area contributed by atoms with Crippen molar-refractivity contribution in [3.63, 3.8) is 0 Å². The number of ether oxygens (including phenoxy) is 2. The lowest BCUT2D eigenvalue weighted by Crippen LogP contribution is -2.29. The largest absolute Gasteiger partial charge is 0.492 e. The molecule has 0 aromatic carbocycles. The Labute approximate surface area is 115 Å². The van der Waals surface area contributed by atoms with Crippen LogP contribution in [0.25, 0.3) is 0 Å². The van der Waals surface area contributed by atoms with Crippen LogP contribution in [0.1, 0.15) is 44.7 Å². The lowest BCUT2D eigenvalue weighted by molar-refractivity contribution is 0.106. The van der Waals surface area contributed by atoms with Crippen LogP contribution in [0.3, 0.4) is 0 Å². The van der Waals surface area contributed by atoms with Crippen LogP contribution in [0.15, 0.2) is 18.5 Å². The molecule has 5 nitrogen and oxygen atoms in total. The van der Waals surface area contributed by atoms with Gasteiger partial charge in [0.25, 0.3) is 0 Å². The minimum absolute atomic E-state index is 0.0651. The second kappa shape index (κ2) is 8.85. The van der Waals surface area contributed by atoms with E-state index in [2.05, 4.69) is 17.3 Å². The Morgan fingerprint density at radius 3 is 2.79 bits per heavy atom. The molecule has 0 saturated heterocycles. The molecular formula is C14H25N3O2. The summed E-state index contributed by atoms with van der Waals surface area (Å²) in [6.07, 6.45) is 6.58. The standard InChI is InChI=1S/C14H25N3O2/c1-4-7-19-13-8-12(9-16-10-13)14(17-15)6-5-11(2)18-3/h8-11,14,17H,4-7,15H2,1-3H3. The highest BCUT2D eigenvalue weighted by molar-refractivity contribution is 5.25. The summed E-state index contributed by atoms with van der Waals surface area (Å²) >= 11 is 0. The van der Waals surface area contributed by atoms with Crippen LogP contribution in [0.2, 0.25) is 0 Å². The average Bonchev–Trinajstić information content (AvgIpc) is 2.46. The number of hydrogen-bond donors (Lipinski definition) is 2. The summed E-state index contributed by atoms with van der Waals surface area (Å²) in [7, 11) is 1.72. The van der Waals surface area contributed by atoms with Crippen molar-refractivity contribution in [2.75, 3.05) is 13.7 Å². The second-order valence-electron chi connectivity index (χ2n) is 4.65. The molecule has 0 aliphatic carbocycles. The Bertz CT molecular complexity index is 360. The zero-order valence-corrected chi connectivity index (χ0v) is 12.1. The van der Waals surface area contributed by atoms with Gasteiger partial charge < -0.3 is 9.47 Å². The summed E-state index contributed by atoms with van der Waals surface area (Å²) in [6.45, 7) is 4.83. The number of nitrogens with two attached hydrogens (primary N) is 1. The van der Waals surface area contributed by atoms with Gasteiger partial charge in [0, 0.05) is 19.3 Å². The zero-order chi connectivity index (χ0) is 14.1. The summed E-state index contributed by atoms with van der Waals surface area (Å²) in [5.41, 5.74) is 3.87. The molecule has 1 heterocycles. The van der Waals surface area contributed by atoms with Crippen molar-refractivity contribution < 1.29 is 9.47 Å². The summed E-state index contributed by atoms with van der Waals surface area (Å²) in [5, 5.41) is 0. The van der Waals surface area contributed by atoms with E-state index < -0.39 is 0 Å². The Balaban J connectivity index is 2.63. The molecule has 0 saturated carbocycles. The third-order valence-corrected chi connectivity index (χ3v) is 3.07. The molecule has 0 radical (unpaired) electrons. The van der Waals surface area contributed by atoms with Gasteiger partial charge in [0.1, 0.15) is 5.75 Å². The predicted octanol–water partition coefficient (Wildman–Crippen LogP) is 2.19. The van der Waals surface area contributed by atoms with Gasteiger partial charge in [0.15, 0.2) is 0 Å². The van der Waals surface area contributed by atoms with Crippen molar-refractivity contribution in [1.82, 2.24) is 10.4 Å². The van der Waals surface area contributed by atoms with E-state index in [0.717, 1.165) is 30.6 Å². The first-order valence-electron chi connectivity index (χ1n) is 6.77. The van der Waals surface area contributed by atoms with E-state index >= 15 is 0 Å². The molecule has 0 fully saturated rings. The van der Waals surface area contributed by atoms with Gasteiger partial charge in [-0.1, -0.05) is 6.92 Å². The Hall–Kier alpha value is -1.17. The fourth-order valence-corrected chi connectivity index (χ4v) is 1.79. The highest BCUT2D eigenvalue weighted by Gasteiger charge is 2.13. The van der Waals surface area contributed by atoms with Crippen LogP contribution >= 0.6 is 0 Å². The second-order valence-corrected chi connectivity index (χ2v) is 4.65. The van der Waals surface area contributed by atoms with E-state index in [1.54, 1.807) is 13.3 Å². The monoisotopic (exact) mass is 267 g/mol. The van der Waals surface area contributed by atoms with E-state index in [-0.39, 0.29) is 12.1 Å². The van der Waals surface area contributed by atoms with Crippen LogP contribution in [0.5, 0.6) is 5.75 Å². The molecule has 1 aromatic rings. The van der Waals surface area contributed by atoms with Crippen LogP contribution in [-0.2, 0) is 4.74 Å². The normalized spacial score (nSPS) is 14.1. The Kier molecular flexibility index (Phi) is 7.40. The maximum absolute atomic E-state index is 5.62. The van der Waals surface area contributed by atoms with Crippen molar-refractivity contribution in [3.05, 3.63) is 24.0 Å². The van der Waals surface area contributed by atoms with Gasteiger partial charge in [-0.3, -0.25) is 16.3 Å². The van der Waals surface area contributed by atoms with Gasteiger partial charge in [-0.05, 0) is 37.8 Å². The van der Waals surface area contributed by atoms with Gasteiger partial charge in [-0.15, -0.1) is 0 Å². The van der Waals surface area contributed by atoms with Gasteiger partial charge in [-0.25, -0.2) is 0 Å². The minimum Gasteiger partial charge on any atom is -0.492 e. The van der Waals surface area contributed by atoms with Crippen LogP contribution in [0, 0.1) is 0 Å². The smallest absolute Gasteiger partial charge is 0.137 e. The molecule has 2 unspecified atom stereocenters. The topological polar surface area (TPSA) is 69.4 Å². The van der Waals surface area contributed by atoms with Crippen LogP contribution < -0.4 is 16.0 Å². The fraction of sp³-hybridized carbons (Fsp3) is 0.643. The summed E-state index contributed by atoms with van der Waals surface area (Å²) in [4.78, 5) is 4.20. The Morgan fingerprint density at radius 2 is 2.16 bits per heavy atom.